The molecule has 0 saturated carbocycles. The van der Waals surface area contributed by atoms with Gasteiger partial charge in [0, 0.05) is 6.54 Å². The first-order chi connectivity index (χ1) is 7.77. The van der Waals surface area contributed by atoms with E-state index >= 15 is 0 Å². The van der Waals surface area contributed by atoms with Crippen LogP contribution in [0.15, 0.2) is 24.3 Å². The molecule has 90 valence electrons. The van der Waals surface area contributed by atoms with Gasteiger partial charge in [0.2, 0.25) is 0 Å². The zero-order valence-electron chi connectivity index (χ0n) is 10.6. The highest BCUT2D eigenvalue weighted by Gasteiger charge is 2.02. The van der Waals surface area contributed by atoms with Crippen LogP contribution < -0.4 is 10.1 Å². The SMILES string of the molecule is CCNCCOc1ccc([C@H](C)CC)cc1. The predicted molar refractivity (Wildman–Crippen MR) is 69.2 cm³/mol. The average molecular weight is 221 g/mol. The lowest BCUT2D eigenvalue weighted by Gasteiger charge is -2.10. The molecule has 0 aliphatic carbocycles. The smallest absolute Gasteiger partial charge is 0.119 e. The van der Waals surface area contributed by atoms with Crippen LogP contribution in [-0.2, 0) is 0 Å². The van der Waals surface area contributed by atoms with Crippen LogP contribution in [0, 0.1) is 0 Å². The van der Waals surface area contributed by atoms with E-state index in [0.717, 1.165) is 25.4 Å². The van der Waals surface area contributed by atoms with Crippen molar-refractivity contribution in [3.63, 3.8) is 0 Å². The molecule has 0 radical (unpaired) electrons. The molecule has 1 aromatic rings. The number of hydrogen-bond acceptors (Lipinski definition) is 2. The molecule has 2 nitrogen and oxygen atoms in total. The third kappa shape index (κ3) is 4.23. The summed E-state index contributed by atoms with van der Waals surface area (Å²) in [6, 6.07) is 8.45. The van der Waals surface area contributed by atoms with Gasteiger partial charge in [0.15, 0.2) is 0 Å². The van der Waals surface area contributed by atoms with E-state index in [2.05, 4.69) is 50.4 Å². The molecule has 0 spiro atoms. The molecule has 0 unspecified atom stereocenters. The third-order valence-corrected chi connectivity index (χ3v) is 2.86. The van der Waals surface area contributed by atoms with Gasteiger partial charge in [0.1, 0.15) is 12.4 Å². The van der Waals surface area contributed by atoms with Crippen molar-refractivity contribution in [2.24, 2.45) is 0 Å². The second-order valence-electron chi connectivity index (χ2n) is 4.08. The van der Waals surface area contributed by atoms with Crippen molar-refractivity contribution in [3.05, 3.63) is 29.8 Å². The van der Waals surface area contributed by atoms with E-state index in [-0.39, 0.29) is 0 Å². The van der Waals surface area contributed by atoms with Gasteiger partial charge in [0.25, 0.3) is 0 Å². The number of benzene rings is 1. The molecule has 0 saturated heterocycles. The Hall–Kier alpha value is -1.02. The fourth-order valence-corrected chi connectivity index (χ4v) is 1.55. The van der Waals surface area contributed by atoms with Gasteiger partial charge in [-0.2, -0.15) is 0 Å². The van der Waals surface area contributed by atoms with Crippen molar-refractivity contribution in [2.75, 3.05) is 19.7 Å². The Balaban J connectivity index is 2.39. The zero-order chi connectivity index (χ0) is 11.8. The normalized spacial score (nSPS) is 12.4. The fourth-order valence-electron chi connectivity index (χ4n) is 1.55. The second kappa shape index (κ2) is 7.29. The van der Waals surface area contributed by atoms with Crippen LogP contribution in [0.4, 0.5) is 0 Å². The summed E-state index contributed by atoms with van der Waals surface area (Å²) in [5.74, 6) is 1.60. The molecule has 2 heteroatoms. The third-order valence-electron chi connectivity index (χ3n) is 2.86. The molecule has 0 aromatic heterocycles. The summed E-state index contributed by atoms with van der Waals surface area (Å²) >= 11 is 0. The summed E-state index contributed by atoms with van der Waals surface area (Å²) in [5.41, 5.74) is 1.39. The summed E-state index contributed by atoms with van der Waals surface area (Å²) in [4.78, 5) is 0. The van der Waals surface area contributed by atoms with Crippen LogP contribution >= 0.6 is 0 Å². The molecular weight excluding hydrogens is 198 g/mol. The van der Waals surface area contributed by atoms with E-state index in [1.807, 2.05) is 0 Å². The summed E-state index contributed by atoms with van der Waals surface area (Å²) in [6.07, 6.45) is 1.18. The van der Waals surface area contributed by atoms with E-state index in [1.165, 1.54) is 12.0 Å². The van der Waals surface area contributed by atoms with Gasteiger partial charge >= 0.3 is 0 Å². The molecule has 0 heterocycles. The second-order valence-corrected chi connectivity index (χ2v) is 4.08. The molecule has 0 amide bonds. The average Bonchev–Trinajstić information content (AvgIpc) is 2.34. The minimum atomic E-state index is 0.635. The lowest BCUT2D eigenvalue weighted by molar-refractivity contribution is 0.315. The van der Waals surface area contributed by atoms with Crippen molar-refractivity contribution in [1.82, 2.24) is 5.32 Å². The van der Waals surface area contributed by atoms with Gasteiger partial charge in [-0.25, -0.2) is 0 Å². The van der Waals surface area contributed by atoms with E-state index < -0.39 is 0 Å². The van der Waals surface area contributed by atoms with Crippen LogP contribution in [0.1, 0.15) is 38.7 Å². The van der Waals surface area contributed by atoms with Crippen LogP contribution in [-0.4, -0.2) is 19.7 Å². The van der Waals surface area contributed by atoms with Crippen molar-refractivity contribution in [3.8, 4) is 5.75 Å². The van der Waals surface area contributed by atoms with Crippen molar-refractivity contribution < 1.29 is 4.74 Å². The van der Waals surface area contributed by atoms with E-state index in [4.69, 9.17) is 4.74 Å². The maximum Gasteiger partial charge on any atom is 0.119 e. The van der Waals surface area contributed by atoms with Gasteiger partial charge < -0.3 is 10.1 Å². The summed E-state index contributed by atoms with van der Waals surface area (Å²) in [7, 11) is 0. The number of rotatable bonds is 7. The van der Waals surface area contributed by atoms with Crippen molar-refractivity contribution in [2.45, 2.75) is 33.1 Å². The maximum absolute atomic E-state index is 5.61. The highest BCUT2D eigenvalue weighted by Crippen LogP contribution is 2.21. The first-order valence-electron chi connectivity index (χ1n) is 6.21. The standard InChI is InChI=1S/C14H23NO/c1-4-12(3)13-6-8-14(9-7-13)16-11-10-15-5-2/h6-9,12,15H,4-5,10-11H2,1-3H3/t12-/m1/s1. The number of nitrogens with one attached hydrogen (secondary N) is 1. The lowest BCUT2D eigenvalue weighted by Crippen LogP contribution is -2.20. The lowest BCUT2D eigenvalue weighted by atomic mass is 9.99. The highest BCUT2D eigenvalue weighted by molar-refractivity contribution is 5.29. The first kappa shape index (κ1) is 13.0. The Kier molecular flexibility index (Phi) is 5.94. The van der Waals surface area contributed by atoms with Gasteiger partial charge in [-0.15, -0.1) is 0 Å². The predicted octanol–water partition coefficient (Wildman–Crippen LogP) is 3.19. The molecule has 16 heavy (non-hydrogen) atoms. The molecule has 0 bridgehead atoms. The largest absolute Gasteiger partial charge is 0.492 e. The van der Waals surface area contributed by atoms with Crippen molar-refractivity contribution in [1.29, 1.82) is 0 Å². The quantitative estimate of drug-likeness (QED) is 0.714. The van der Waals surface area contributed by atoms with E-state index in [0.29, 0.717) is 5.92 Å². The molecule has 1 aromatic carbocycles. The highest BCUT2D eigenvalue weighted by atomic mass is 16.5. The zero-order valence-corrected chi connectivity index (χ0v) is 10.6. The Labute approximate surface area is 99.0 Å². The Bertz CT molecular complexity index is 281. The summed E-state index contributed by atoms with van der Waals surface area (Å²) in [6.45, 7) is 9.20. The van der Waals surface area contributed by atoms with Gasteiger partial charge in [-0.05, 0) is 36.6 Å². The Morgan fingerprint density at radius 1 is 1.19 bits per heavy atom. The minimum Gasteiger partial charge on any atom is -0.492 e. The summed E-state index contributed by atoms with van der Waals surface area (Å²) in [5, 5.41) is 3.23. The molecule has 0 fully saturated rings. The summed E-state index contributed by atoms with van der Waals surface area (Å²) < 4.78 is 5.61. The maximum atomic E-state index is 5.61. The van der Waals surface area contributed by atoms with Gasteiger partial charge in [-0.3, -0.25) is 0 Å². The molecule has 1 N–H and O–H groups in total. The number of likely N-dealkylation sites (N-methyl/N-ethyl adjacent to an activating group) is 1. The number of hydrogen-bond donors (Lipinski definition) is 1. The number of ether oxygens (including phenoxy) is 1. The van der Waals surface area contributed by atoms with Gasteiger partial charge in [0.05, 0.1) is 0 Å². The van der Waals surface area contributed by atoms with Crippen molar-refractivity contribution >= 4 is 0 Å². The minimum absolute atomic E-state index is 0.635. The Morgan fingerprint density at radius 3 is 2.44 bits per heavy atom. The van der Waals surface area contributed by atoms with Crippen LogP contribution in [0.3, 0.4) is 0 Å². The van der Waals surface area contributed by atoms with Gasteiger partial charge in [-0.1, -0.05) is 32.9 Å². The topological polar surface area (TPSA) is 21.3 Å². The Morgan fingerprint density at radius 2 is 1.88 bits per heavy atom. The molecule has 0 aliphatic heterocycles. The van der Waals surface area contributed by atoms with Crippen LogP contribution in [0.2, 0.25) is 0 Å². The molecule has 0 aliphatic rings. The molecule has 1 rings (SSSR count). The fraction of sp³-hybridized carbons (Fsp3) is 0.571. The van der Waals surface area contributed by atoms with Crippen LogP contribution in [0.5, 0.6) is 5.75 Å². The van der Waals surface area contributed by atoms with Crippen LogP contribution in [0.25, 0.3) is 0 Å². The molecule has 1 atom stereocenters. The monoisotopic (exact) mass is 221 g/mol. The first-order valence-corrected chi connectivity index (χ1v) is 6.21. The molecular formula is C14H23NO. The van der Waals surface area contributed by atoms with E-state index in [9.17, 15) is 0 Å². The van der Waals surface area contributed by atoms with E-state index in [1.54, 1.807) is 0 Å².